The van der Waals surface area contributed by atoms with Crippen molar-refractivity contribution >= 4 is 52.7 Å². The van der Waals surface area contributed by atoms with E-state index in [1.165, 1.54) is 29.1 Å². The standard InChI is InChI=1S/C17H13Cl2N3S2/c1-10-2-6-12(7-3-10)23-15-14(19)16(22-17(20)21-15)24-13-8-4-11(18)5-9-13/h2-9H,1H3,(H2,20,21,22). The third-order valence-corrected chi connectivity index (χ3v) is 5.90. The Balaban J connectivity index is 1.89. The molecule has 0 unspecified atom stereocenters. The molecule has 0 bridgehead atoms. The average molecular weight is 394 g/mol. The minimum atomic E-state index is 0.200. The number of hydrogen-bond donors (Lipinski definition) is 1. The normalized spacial score (nSPS) is 10.8. The van der Waals surface area contributed by atoms with Crippen molar-refractivity contribution in [1.29, 1.82) is 0 Å². The number of benzene rings is 2. The number of nitrogens with zero attached hydrogens (tertiary/aromatic N) is 2. The molecule has 0 aliphatic heterocycles. The van der Waals surface area contributed by atoms with E-state index in [4.69, 9.17) is 28.9 Å². The molecule has 0 saturated heterocycles. The molecule has 2 aromatic carbocycles. The van der Waals surface area contributed by atoms with Crippen molar-refractivity contribution < 1.29 is 0 Å². The summed E-state index contributed by atoms with van der Waals surface area (Å²) in [7, 11) is 0. The molecule has 3 nitrogen and oxygen atoms in total. The number of anilines is 1. The summed E-state index contributed by atoms with van der Waals surface area (Å²) in [5.41, 5.74) is 7.06. The van der Waals surface area contributed by atoms with E-state index in [0.29, 0.717) is 20.1 Å². The monoisotopic (exact) mass is 393 g/mol. The smallest absolute Gasteiger partial charge is 0.222 e. The highest BCUT2D eigenvalue weighted by atomic mass is 35.5. The van der Waals surface area contributed by atoms with E-state index in [1.807, 2.05) is 55.5 Å². The van der Waals surface area contributed by atoms with Crippen LogP contribution >= 0.6 is 46.7 Å². The molecule has 2 N–H and O–H groups in total. The minimum Gasteiger partial charge on any atom is -0.368 e. The maximum absolute atomic E-state index is 6.49. The molecule has 0 fully saturated rings. The first kappa shape index (κ1) is 17.4. The van der Waals surface area contributed by atoms with Gasteiger partial charge in [-0.1, -0.05) is 64.4 Å². The van der Waals surface area contributed by atoms with Crippen LogP contribution in [0.15, 0.2) is 68.4 Å². The number of rotatable bonds is 4. The van der Waals surface area contributed by atoms with Crippen LogP contribution in [0.2, 0.25) is 10.0 Å². The van der Waals surface area contributed by atoms with E-state index >= 15 is 0 Å². The second-order valence-corrected chi connectivity index (χ2v) is 7.92. The molecule has 0 spiro atoms. The van der Waals surface area contributed by atoms with Crippen molar-refractivity contribution in [3.05, 3.63) is 64.1 Å². The van der Waals surface area contributed by atoms with Crippen LogP contribution in [-0.4, -0.2) is 9.97 Å². The van der Waals surface area contributed by atoms with Crippen LogP contribution in [0.4, 0.5) is 5.95 Å². The summed E-state index contributed by atoms with van der Waals surface area (Å²) in [6.45, 7) is 2.05. The van der Waals surface area contributed by atoms with Gasteiger partial charge in [0.25, 0.3) is 0 Å². The van der Waals surface area contributed by atoms with Crippen LogP contribution in [0.3, 0.4) is 0 Å². The van der Waals surface area contributed by atoms with Gasteiger partial charge in [0, 0.05) is 14.8 Å². The van der Waals surface area contributed by atoms with Gasteiger partial charge >= 0.3 is 0 Å². The van der Waals surface area contributed by atoms with Crippen LogP contribution in [0.25, 0.3) is 0 Å². The average Bonchev–Trinajstić information content (AvgIpc) is 2.56. The largest absolute Gasteiger partial charge is 0.368 e. The maximum atomic E-state index is 6.49. The molecule has 0 amide bonds. The van der Waals surface area contributed by atoms with Crippen molar-refractivity contribution in [2.45, 2.75) is 26.8 Å². The van der Waals surface area contributed by atoms with Crippen LogP contribution in [0.1, 0.15) is 5.56 Å². The summed E-state index contributed by atoms with van der Waals surface area (Å²) in [4.78, 5) is 10.6. The maximum Gasteiger partial charge on any atom is 0.222 e. The summed E-state index contributed by atoms with van der Waals surface area (Å²) < 4.78 is 0. The molecule has 3 rings (SSSR count). The number of aromatic nitrogens is 2. The molecule has 0 aliphatic carbocycles. The number of hydrogen-bond acceptors (Lipinski definition) is 5. The molecule has 1 aromatic heterocycles. The summed E-state index contributed by atoms with van der Waals surface area (Å²) in [5, 5.41) is 2.45. The van der Waals surface area contributed by atoms with E-state index in [-0.39, 0.29) is 5.95 Å². The predicted octanol–water partition coefficient (Wildman–Crippen LogP) is 5.98. The van der Waals surface area contributed by atoms with Gasteiger partial charge in [-0.15, -0.1) is 0 Å². The Kier molecular flexibility index (Phi) is 5.56. The van der Waals surface area contributed by atoms with Gasteiger partial charge < -0.3 is 5.73 Å². The lowest BCUT2D eigenvalue weighted by atomic mass is 10.2. The fourth-order valence-corrected chi connectivity index (χ4v) is 4.04. The Labute approximate surface area is 159 Å². The third kappa shape index (κ3) is 4.36. The fourth-order valence-electron chi connectivity index (χ4n) is 1.89. The lowest BCUT2D eigenvalue weighted by molar-refractivity contribution is 0.981. The summed E-state index contributed by atoms with van der Waals surface area (Å²) >= 11 is 15.3. The lowest BCUT2D eigenvalue weighted by Crippen LogP contribution is -1.99. The van der Waals surface area contributed by atoms with E-state index in [1.54, 1.807) is 0 Å². The highest BCUT2D eigenvalue weighted by Crippen LogP contribution is 2.39. The first-order chi connectivity index (χ1) is 11.5. The van der Waals surface area contributed by atoms with Crippen molar-refractivity contribution in [3.8, 4) is 0 Å². The molecule has 24 heavy (non-hydrogen) atoms. The third-order valence-electron chi connectivity index (χ3n) is 3.07. The number of aryl methyl sites for hydroxylation is 1. The van der Waals surface area contributed by atoms with Crippen LogP contribution < -0.4 is 5.73 Å². The molecule has 0 saturated carbocycles. The van der Waals surface area contributed by atoms with E-state index in [0.717, 1.165) is 9.79 Å². The SMILES string of the molecule is Cc1ccc(Sc2nc(N)nc(Sc3ccc(Cl)cc3)c2Cl)cc1. The van der Waals surface area contributed by atoms with Gasteiger partial charge in [-0.25, -0.2) is 9.97 Å². The van der Waals surface area contributed by atoms with E-state index in [2.05, 4.69) is 9.97 Å². The number of halogens is 2. The molecule has 0 radical (unpaired) electrons. The Hall–Kier alpha value is -1.40. The Morgan fingerprint density at radius 2 is 1.25 bits per heavy atom. The molecular weight excluding hydrogens is 381 g/mol. The number of nitrogen functional groups attached to an aromatic ring is 1. The molecule has 122 valence electrons. The van der Waals surface area contributed by atoms with Crippen LogP contribution in [-0.2, 0) is 0 Å². The highest BCUT2D eigenvalue weighted by molar-refractivity contribution is 8.00. The van der Waals surface area contributed by atoms with Crippen LogP contribution in [0, 0.1) is 6.92 Å². The Morgan fingerprint density at radius 1 is 0.792 bits per heavy atom. The van der Waals surface area contributed by atoms with Gasteiger partial charge in [0.1, 0.15) is 15.1 Å². The molecule has 7 heteroatoms. The summed E-state index contributed by atoms with van der Waals surface area (Å²) in [5.74, 6) is 0.200. The van der Waals surface area contributed by atoms with Crippen molar-refractivity contribution in [2.75, 3.05) is 5.73 Å². The Bertz CT molecular complexity index is 784. The minimum absolute atomic E-state index is 0.200. The zero-order valence-electron chi connectivity index (χ0n) is 12.7. The predicted molar refractivity (Wildman–Crippen MR) is 102 cm³/mol. The van der Waals surface area contributed by atoms with Gasteiger partial charge in [-0.05, 0) is 43.3 Å². The molecule has 3 aromatic rings. The Morgan fingerprint density at radius 3 is 1.75 bits per heavy atom. The quantitative estimate of drug-likeness (QED) is 0.552. The highest BCUT2D eigenvalue weighted by Gasteiger charge is 2.14. The fraction of sp³-hybridized carbons (Fsp3) is 0.0588. The number of nitrogens with two attached hydrogens (primary N) is 1. The van der Waals surface area contributed by atoms with Gasteiger partial charge in [0.15, 0.2) is 0 Å². The zero-order valence-corrected chi connectivity index (χ0v) is 15.8. The zero-order chi connectivity index (χ0) is 17.1. The molecule has 0 aliphatic rings. The second kappa shape index (κ2) is 7.66. The lowest BCUT2D eigenvalue weighted by Gasteiger charge is -2.09. The molecule has 0 atom stereocenters. The van der Waals surface area contributed by atoms with Crippen molar-refractivity contribution in [1.82, 2.24) is 9.97 Å². The summed E-state index contributed by atoms with van der Waals surface area (Å²) in [6.07, 6.45) is 0. The first-order valence-electron chi connectivity index (χ1n) is 7.02. The van der Waals surface area contributed by atoms with Crippen LogP contribution in [0.5, 0.6) is 0 Å². The molecular formula is C17H13Cl2N3S2. The molecule has 1 heterocycles. The van der Waals surface area contributed by atoms with Crippen molar-refractivity contribution in [3.63, 3.8) is 0 Å². The van der Waals surface area contributed by atoms with E-state index in [9.17, 15) is 0 Å². The van der Waals surface area contributed by atoms with Gasteiger partial charge in [-0.3, -0.25) is 0 Å². The van der Waals surface area contributed by atoms with Gasteiger partial charge in [0.05, 0.1) is 0 Å². The van der Waals surface area contributed by atoms with Gasteiger partial charge in [-0.2, -0.15) is 0 Å². The first-order valence-corrected chi connectivity index (χ1v) is 9.41. The van der Waals surface area contributed by atoms with Crippen molar-refractivity contribution in [2.24, 2.45) is 0 Å². The van der Waals surface area contributed by atoms with E-state index < -0.39 is 0 Å². The second-order valence-electron chi connectivity index (χ2n) is 4.98. The topological polar surface area (TPSA) is 51.8 Å². The van der Waals surface area contributed by atoms with Gasteiger partial charge in [0.2, 0.25) is 5.95 Å². The summed E-state index contributed by atoms with van der Waals surface area (Å²) in [6, 6.07) is 15.6.